The number of anilines is 1. The number of hydrogen-bond donors (Lipinski definition) is 2. The highest BCUT2D eigenvalue weighted by atomic mass is 16.5. The van der Waals surface area contributed by atoms with Crippen LogP contribution in [0.2, 0.25) is 0 Å². The molecule has 108 valence electrons. The molecular weight excluding hydrogens is 268 g/mol. The van der Waals surface area contributed by atoms with E-state index in [0.717, 1.165) is 10.9 Å². The van der Waals surface area contributed by atoms with Crippen molar-refractivity contribution in [1.82, 2.24) is 14.8 Å². The van der Waals surface area contributed by atoms with Crippen molar-refractivity contribution in [3.63, 3.8) is 0 Å². The Balaban J connectivity index is 1.95. The number of nitrogens with one attached hydrogen (secondary N) is 2. The van der Waals surface area contributed by atoms with Gasteiger partial charge in [-0.2, -0.15) is 5.10 Å². The second-order valence-corrected chi connectivity index (χ2v) is 4.69. The zero-order chi connectivity index (χ0) is 14.7. The number of fused-ring (bicyclic) bond motifs is 1. The van der Waals surface area contributed by atoms with Crippen molar-refractivity contribution in [2.24, 2.45) is 0 Å². The molecule has 2 heterocycles. The molecule has 0 spiro atoms. The van der Waals surface area contributed by atoms with E-state index < -0.39 is 0 Å². The Labute approximate surface area is 121 Å². The van der Waals surface area contributed by atoms with Gasteiger partial charge in [-0.25, -0.2) is 0 Å². The summed E-state index contributed by atoms with van der Waals surface area (Å²) in [5.74, 6) is -0.149. The van der Waals surface area contributed by atoms with Gasteiger partial charge in [0.15, 0.2) is 0 Å². The molecule has 0 radical (unpaired) electrons. The number of hydrogen-bond acceptors (Lipinski definition) is 3. The van der Waals surface area contributed by atoms with Gasteiger partial charge in [0.05, 0.1) is 24.1 Å². The number of ether oxygens (including phenoxy) is 1. The minimum atomic E-state index is -0.149. The van der Waals surface area contributed by atoms with Crippen LogP contribution in [0.5, 0.6) is 0 Å². The van der Waals surface area contributed by atoms with Gasteiger partial charge < -0.3 is 14.6 Å². The minimum absolute atomic E-state index is 0.149. The Morgan fingerprint density at radius 2 is 2.29 bits per heavy atom. The number of nitrogens with zero attached hydrogens (tertiary/aromatic N) is 2. The van der Waals surface area contributed by atoms with Gasteiger partial charge in [0.25, 0.3) is 5.91 Å². The normalized spacial score (nSPS) is 10.9. The minimum Gasteiger partial charge on any atom is -0.383 e. The first-order valence-electron chi connectivity index (χ1n) is 6.66. The first-order chi connectivity index (χ1) is 10.3. The largest absolute Gasteiger partial charge is 0.383 e. The maximum atomic E-state index is 12.4. The Morgan fingerprint density at radius 1 is 1.43 bits per heavy atom. The number of H-pyrrole nitrogens is 1. The number of methoxy groups -OCH3 is 1. The molecule has 1 aromatic carbocycles. The van der Waals surface area contributed by atoms with Gasteiger partial charge in [0, 0.05) is 37.0 Å². The Morgan fingerprint density at radius 3 is 3.05 bits per heavy atom. The molecule has 2 aromatic heterocycles. The number of carbonyl (C=O) groups excluding carboxylic acids is 1. The lowest BCUT2D eigenvalue weighted by atomic mass is 10.1. The molecule has 3 rings (SSSR count). The molecule has 0 fully saturated rings. The molecule has 2 N–H and O–H groups in total. The van der Waals surface area contributed by atoms with E-state index in [0.29, 0.717) is 24.4 Å². The van der Waals surface area contributed by atoms with Crippen LogP contribution in [-0.4, -0.2) is 34.4 Å². The van der Waals surface area contributed by atoms with Gasteiger partial charge in [0.1, 0.15) is 0 Å². The standard InChI is InChI=1S/C15H16N4O2/c1-21-7-6-19-10-13(12-4-2-3-5-14(12)19)15(20)18-11-8-16-17-9-11/h2-5,8-10H,6-7H2,1H3,(H,16,17)(H,18,20). The van der Waals surface area contributed by atoms with Crippen LogP contribution in [0, 0.1) is 0 Å². The summed E-state index contributed by atoms with van der Waals surface area (Å²) in [5.41, 5.74) is 2.31. The van der Waals surface area contributed by atoms with Gasteiger partial charge in [0.2, 0.25) is 0 Å². The SMILES string of the molecule is COCCn1cc(C(=O)Nc2cn[nH]c2)c2ccccc21. The van der Waals surface area contributed by atoms with E-state index >= 15 is 0 Å². The average molecular weight is 284 g/mol. The average Bonchev–Trinajstić information content (AvgIpc) is 3.12. The van der Waals surface area contributed by atoms with Crippen molar-refractivity contribution in [2.45, 2.75) is 6.54 Å². The highest BCUT2D eigenvalue weighted by Gasteiger charge is 2.15. The van der Waals surface area contributed by atoms with E-state index in [2.05, 4.69) is 15.5 Å². The van der Waals surface area contributed by atoms with Crippen LogP contribution in [0.15, 0.2) is 42.9 Å². The van der Waals surface area contributed by atoms with Crippen LogP contribution < -0.4 is 5.32 Å². The Hall–Kier alpha value is -2.60. The van der Waals surface area contributed by atoms with Gasteiger partial charge in [-0.1, -0.05) is 18.2 Å². The van der Waals surface area contributed by atoms with Crippen LogP contribution in [0.25, 0.3) is 10.9 Å². The van der Waals surface area contributed by atoms with Crippen molar-refractivity contribution < 1.29 is 9.53 Å². The first kappa shape index (κ1) is 13.4. The zero-order valence-corrected chi connectivity index (χ0v) is 11.7. The summed E-state index contributed by atoms with van der Waals surface area (Å²) in [5, 5.41) is 10.2. The zero-order valence-electron chi connectivity index (χ0n) is 11.7. The summed E-state index contributed by atoms with van der Waals surface area (Å²) in [4.78, 5) is 12.4. The van der Waals surface area contributed by atoms with E-state index in [1.165, 1.54) is 0 Å². The van der Waals surface area contributed by atoms with Crippen molar-refractivity contribution in [2.75, 3.05) is 19.0 Å². The summed E-state index contributed by atoms with van der Waals surface area (Å²) in [6, 6.07) is 7.84. The van der Waals surface area contributed by atoms with E-state index in [1.54, 1.807) is 19.5 Å². The number of aromatic amines is 1. The third kappa shape index (κ3) is 2.66. The van der Waals surface area contributed by atoms with Crippen molar-refractivity contribution in [1.29, 1.82) is 0 Å². The van der Waals surface area contributed by atoms with Crippen LogP contribution in [0.1, 0.15) is 10.4 Å². The number of benzene rings is 1. The molecule has 0 bridgehead atoms. The monoisotopic (exact) mass is 284 g/mol. The molecule has 21 heavy (non-hydrogen) atoms. The smallest absolute Gasteiger partial charge is 0.257 e. The molecular formula is C15H16N4O2. The maximum Gasteiger partial charge on any atom is 0.257 e. The molecule has 6 heteroatoms. The first-order valence-corrected chi connectivity index (χ1v) is 6.66. The highest BCUT2D eigenvalue weighted by molar-refractivity contribution is 6.12. The lowest BCUT2D eigenvalue weighted by Gasteiger charge is -2.03. The number of aromatic nitrogens is 3. The third-order valence-corrected chi connectivity index (χ3v) is 3.33. The van der Waals surface area contributed by atoms with Crippen molar-refractivity contribution in [3.05, 3.63) is 48.4 Å². The van der Waals surface area contributed by atoms with Crippen molar-refractivity contribution >= 4 is 22.5 Å². The number of amides is 1. The van der Waals surface area contributed by atoms with Gasteiger partial charge >= 0.3 is 0 Å². The Bertz CT molecular complexity index is 746. The third-order valence-electron chi connectivity index (χ3n) is 3.33. The topological polar surface area (TPSA) is 71.9 Å². The molecule has 0 aliphatic carbocycles. The molecule has 1 amide bonds. The molecule has 0 aliphatic rings. The molecule has 0 saturated carbocycles. The fourth-order valence-electron chi connectivity index (χ4n) is 2.32. The van der Waals surface area contributed by atoms with Crippen LogP contribution in [0.3, 0.4) is 0 Å². The number of rotatable bonds is 5. The van der Waals surface area contributed by atoms with Gasteiger partial charge in [-0.3, -0.25) is 9.89 Å². The van der Waals surface area contributed by atoms with Gasteiger partial charge in [-0.15, -0.1) is 0 Å². The van der Waals surface area contributed by atoms with Gasteiger partial charge in [-0.05, 0) is 6.07 Å². The lowest BCUT2D eigenvalue weighted by Crippen LogP contribution is -2.11. The predicted octanol–water partition coefficient (Wildman–Crippen LogP) is 2.26. The second kappa shape index (κ2) is 5.80. The maximum absolute atomic E-state index is 12.4. The second-order valence-electron chi connectivity index (χ2n) is 4.69. The fourth-order valence-corrected chi connectivity index (χ4v) is 2.32. The van der Waals surface area contributed by atoms with Crippen LogP contribution in [0.4, 0.5) is 5.69 Å². The van der Waals surface area contributed by atoms with E-state index in [9.17, 15) is 4.79 Å². The summed E-state index contributed by atoms with van der Waals surface area (Å²) in [7, 11) is 1.66. The summed E-state index contributed by atoms with van der Waals surface area (Å²) >= 11 is 0. The van der Waals surface area contributed by atoms with E-state index in [-0.39, 0.29) is 5.91 Å². The lowest BCUT2D eigenvalue weighted by molar-refractivity contribution is 0.102. The van der Waals surface area contributed by atoms with Crippen molar-refractivity contribution in [3.8, 4) is 0 Å². The quantitative estimate of drug-likeness (QED) is 0.755. The summed E-state index contributed by atoms with van der Waals surface area (Å²) in [6.07, 6.45) is 5.07. The molecule has 3 aromatic rings. The predicted molar refractivity (Wildman–Crippen MR) is 80.4 cm³/mol. The van der Waals surface area contributed by atoms with E-state index in [1.807, 2.05) is 35.0 Å². The molecule has 0 aliphatic heterocycles. The Kier molecular flexibility index (Phi) is 3.70. The highest BCUT2D eigenvalue weighted by Crippen LogP contribution is 2.22. The molecule has 0 saturated heterocycles. The number of para-hydroxylation sites is 1. The van der Waals surface area contributed by atoms with Crippen LogP contribution in [-0.2, 0) is 11.3 Å². The summed E-state index contributed by atoms with van der Waals surface area (Å²) < 4.78 is 7.15. The molecule has 0 atom stereocenters. The molecule has 0 unspecified atom stereocenters. The number of carbonyl (C=O) groups is 1. The summed E-state index contributed by atoms with van der Waals surface area (Å²) in [6.45, 7) is 1.30. The fraction of sp³-hybridized carbons (Fsp3) is 0.200. The van der Waals surface area contributed by atoms with E-state index in [4.69, 9.17) is 4.74 Å². The van der Waals surface area contributed by atoms with Crippen LogP contribution >= 0.6 is 0 Å². The molecule has 6 nitrogen and oxygen atoms in total.